The molecule has 52 heavy (non-hydrogen) atoms. The van der Waals surface area contributed by atoms with Crippen molar-refractivity contribution in [2.24, 2.45) is 0 Å². The zero-order chi connectivity index (χ0) is 34.2. The molecule has 0 saturated heterocycles. The summed E-state index contributed by atoms with van der Waals surface area (Å²) in [5, 5.41) is 7.27. The normalized spacial score (nSPS) is 11.8. The van der Waals surface area contributed by atoms with Crippen LogP contribution in [0.5, 0.6) is 0 Å². The molecule has 0 fully saturated rings. The van der Waals surface area contributed by atoms with Gasteiger partial charge < -0.3 is 8.83 Å². The highest BCUT2D eigenvalue weighted by atomic mass is 16.3. The first-order valence-corrected chi connectivity index (χ1v) is 17.2. The Morgan fingerprint density at radius 3 is 1.85 bits per heavy atom. The fraction of sp³-hybridized carbons (Fsp3) is 0. The molecule has 0 bridgehead atoms. The first-order chi connectivity index (χ1) is 25.7. The molecule has 0 radical (unpaired) electrons. The summed E-state index contributed by atoms with van der Waals surface area (Å²) in [4.78, 5) is 20.3. The predicted octanol–water partition coefficient (Wildman–Crippen LogP) is 12.0. The maximum atomic E-state index is 6.39. The Labute approximate surface area is 296 Å². The van der Waals surface area contributed by atoms with E-state index in [4.69, 9.17) is 28.8 Å². The number of para-hydroxylation sites is 2. The lowest BCUT2D eigenvalue weighted by molar-refractivity contribution is 0.656. The third-order valence-electron chi connectivity index (χ3n) is 9.91. The molecular weight excluding hydrogens is 641 g/mol. The SMILES string of the molecule is c1ccc(-c2nc(-c3cc(-c4cccc5oc6nc7ccccc7cc6c45)c4ccccc4c3)nc(-c3cccc4oc5ccccc5c34)n2)cc1. The van der Waals surface area contributed by atoms with Gasteiger partial charge in [-0.3, -0.25) is 0 Å². The molecule has 0 aliphatic heterocycles. The molecule has 0 amide bonds. The van der Waals surface area contributed by atoms with Gasteiger partial charge in [-0.15, -0.1) is 0 Å². The van der Waals surface area contributed by atoms with E-state index in [9.17, 15) is 0 Å². The van der Waals surface area contributed by atoms with Crippen molar-refractivity contribution in [2.75, 3.05) is 0 Å². The summed E-state index contributed by atoms with van der Waals surface area (Å²) in [6.45, 7) is 0. The van der Waals surface area contributed by atoms with Crippen molar-refractivity contribution in [1.29, 1.82) is 0 Å². The minimum atomic E-state index is 0.580. The molecule has 0 spiro atoms. The van der Waals surface area contributed by atoms with E-state index >= 15 is 0 Å². The summed E-state index contributed by atoms with van der Waals surface area (Å²) >= 11 is 0. The molecule has 0 atom stereocenters. The van der Waals surface area contributed by atoms with Gasteiger partial charge in [0.2, 0.25) is 5.71 Å². The van der Waals surface area contributed by atoms with Crippen molar-refractivity contribution in [1.82, 2.24) is 19.9 Å². The number of furan rings is 2. The van der Waals surface area contributed by atoms with Gasteiger partial charge in [0, 0.05) is 43.6 Å². The van der Waals surface area contributed by atoms with Crippen molar-refractivity contribution >= 4 is 65.7 Å². The van der Waals surface area contributed by atoms with Crippen LogP contribution in [0.2, 0.25) is 0 Å². The highest BCUT2D eigenvalue weighted by molar-refractivity contribution is 6.17. The number of hydrogen-bond acceptors (Lipinski definition) is 6. The van der Waals surface area contributed by atoms with Crippen LogP contribution in [0.15, 0.2) is 167 Å². The summed E-state index contributed by atoms with van der Waals surface area (Å²) < 4.78 is 12.6. The van der Waals surface area contributed by atoms with Gasteiger partial charge in [0.25, 0.3) is 0 Å². The summed E-state index contributed by atoms with van der Waals surface area (Å²) in [6.07, 6.45) is 0. The first kappa shape index (κ1) is 28.6. The Balaban J connectivity index is 1.19. The summed E-state index contributed by atoms with van der Waals surface area (Å²) in [5.41, 5.74) is 8.72. The molecule has 7 aromatic carbocycles. The fourth-order valence-corrected chi connectivity index (χ4v) is 7.54. The quantitative estimate of drug-likeness (QED) is 0.186. The second kappa shape index (κ2) is 11.2. The molecule has 0 aliphatic rings. The molecular formula is C46H26N4O2. The number of nitrogens with zero attached hydrogens (tertiary/aromatic N) is 4. The van der Waals surface area contributed by atoms with E-state index in [0.29, 0.717) is 23.2 Å². The highest BCUT2D eigenvalue weighted by Crippen LogP contribution is 2.42. The van der Waals surface area contributed by atoms with E-state index in [0.717, 1.165) is 87.8 Å². The van der Waals surface area contributed by atoms with Gasteiger partial charge in [0.15, 0.2) is 17.5 Å². The van der Waals surface area contributed by atoms with Crippen LogP contribution < -0.4 is 0 Å². The van der Waals surface area contributed by atoms with Gasteiger partial charge in [0.1, 0.15) is 16.7 Å². The minimum Gasteiger partial charge on any atom is -0.456 e. The number of pyridine rings is 1. The minimum absolute atomic E-state index is 0.580. The Morgan fingerprint density at radius 2 is 0.981 bits per heavy atom. The van der Waals surface area contributed by atoms with E-state index in [-0.39, 0.29) is 0 Å². The van der Waals surface area contributed by atoms with Crippen LogP contribution in [0.4, 0.5) is 0 Å². The molecule has 0 saturated carbocycles. The molecule has 6 nitrogen and oxygen atoms in total. The lowest BCUT2D eigenvalue weighted by Gasteiger charge is -2.13. The molecule has 11 aromatic rings. The molecule has 11 rings (SSSR count). The maximum absolute atomic E-state index is 6.39. The van der Waals surface area contributed by atoms with Gasteiger partial charge in [0.05, 0.1) is 5.52 Å². The molecule has 0 N–H and O–H groups in total. The average molecular weight is 667 g/mol. The predicted molar refractivity (Wildman–Crippen MR) is 209 cm³/mol. The van der Waals surface area contributed by atoms with E-state index in [1.54, 1.807) is 0 Å². The highest BCUT2D eigenvalue weighted by Gasteiger charge is 2.20. The second-order valence-corrected chi connectivity index (χ2v) is 13.0. The monoisotopic (exact) mass is 666 g/mol. The lowest BCUT2D eigenvalue weighted by atomic mass is 9.92. The van der Waals surface area contributed by atoms with Gasteiger partial charge in [-0.25, -0.2) is 19.9 Å². The zero-order valence-electron chi connectivity index (χ0n) is 27.6. The van der Waals surface area contributed by atoms with Gasteiger partial charge >= 0.3 is 0 Å². The Morgan fingerprint density at radius 1 is 0.346 bits per heavy atom. The third kappa shape index (κ3) is 4.44. The third-order valence-corrected chi connectivity index (χ3v) is 9.91. The molecule has 0 unspecified atom stereocenters. The molecule has 0 aliphatic carbocycles. The van der Waals surface area contributed by atoms with Crippen LogP contribution in [-0.2, 0) is 0 Å². The molecule has 6 heteroatoms. The average Bonchev–Trinajstić information content (AvgIpc) is 3.78. The van der Waals surface area contributed by atoms with Crippen molar-refractivity contribution in [3.8, 4) is 45.3 Å². The Bertz CT molecular complexity index is 3200. The zero-order valence-corrected chi connectivity index (χ0v) is 27.6. The molecule has 4 heterocycles. The standard InChI is InChI=1S/C46H26N4O2/c1-2-12-27(13-3-1)43-48-44(50-45(49-43)34-19-11-22-39-42(34)33-17-7-9-21-38(33)51-39)30-24-28-14-4-6-16-31(28)35(26-30)32-18-10-23-40-41(32)36-25-29-15-5-8-20-37(29)47-46(36)52-40/h1-26H. The number of fused-ring (bicyclic) bond motifs is 8. The van der Waals surface area contributed by atoms with E-state index in [1.807, 2.05) is 91.0 Å². The maximum Gasteiger partial charge on any atom is 0.227 e. The first-order valence-electron chi connectivity index (χ1n) is 17.2. The largest absolute Gasteiger partial charge is 0.456 e. The lowest BCUT2D eigenvalue weighted by Crippen LogP contribution is -2.00. The van der Waals surface area contributed by atoms with Crippen LogP contribution in [0.25, 0.3) is 111 Å². The van der Waals surface area contributed by atoms with E-state index in [2.05, 4.69) is 66.7 Å². The van der Waals surface area contributed by atoms with Gasteiger partial charge in [-0.05, 0) is 64.4 Å². The Kier molecular flexibility index (Phi) is 6.15. The number of hydrogen-bond donors (Lipinski definition) is 0. The van der Waals surface area contributed by atoms with Crippen LogP contribution in [0.1, 0.15) is 0 Å². The molecule has 242 valence electrons. The summed E-state index contributed by atoms with van der Waals surface area (Å²) in [7, 11) is 0. The van der Waals surface area contributed by atoms with Crippen LogP contribution >= 0.6 is 0 Å². The van der Waals surface area contributed by atoms with Crippen molar-refractivity contribution in [3.63, 3.8) is 0 Å². The van der Waals surface area contributed by atoms with Gasteiger partial charge in [-0.1, -0.05) is 115 Å². The summed E-state index contributed by atoms with van der Waals surface area (Å²) in [6, 6.07) is 53.6. The van der Waals surface area contributed by atoms with E-state index < -0.39 is 0 Å². The number of benzene rings is 7. The molecule has 4 aromatic heterocycles. The van der Waals surface area contributed by atoms with Crippen LogP contribution in [0.3, 0.4) is 0 Å². The van der Waals surface area contributed by atoms with Crippen LogP contribution in [0, 0.1) is 0 Å². The van der Waals surface area contributed by atoms with Crippen LogP contribution in [-0.4, -0.2) is 19.9 Å². The summed E-state index contributed by atoms with van der Waals surface area (Å²) in [5.74, 6) is 1.76. The van der Waals surface area contributed by atoms with Crippen molar-refractivity contribution in [3.05, 3.63) is 158 Å². The number of rotatable bonds is 4. The Hall–Kier alpha value is -7.18. The number of aromatic nitrogens is 4. The van der Waals surface area contributed by atoms with E-state index in [1.165, 1.54) is 0 Å². The fourth-order valence-electron chi connectivity index (χ4n) is 7.54. The van der Waals surface area contributed by atoms with Crippen molar-refractivity contribution < 1.29 is 8.83 Å². The van der Waals surface area contributed by atoms with Gasteiger partial charge in [-0.2, -0.15) is 0 Å². The topological polar surface area (TPSA) is 77.8 Å². The smallest absolute Gasteiger partial charge is 0.227 e. The van der Waals surface area contributed by atoms with Crippen molar-refractivity contribution in [2.45, 2.75) is 0 Å². The second-order valence-electron chi connectivity index (χ2n) is 13.0.